The number of carbonyl (C=O) groups is 1. The number of rotatable bonds is 10. The summed E-state index contributed by atoms with van der Waals surface area (Å²) in [6, 6.07) is 7.85. The van der Waals surface area contributed by atoms with E-state index in [1.807, 2.05) is 18.2 Å². The number of benzene rings is 1. The first kappa shape index (κ1) is 18.5. The van der Waals surface area contributed by atoms with Crippen molar-refractivity contribution in [2.24, 2.45) is 0 Å². The molecule has 22 heavy (non-hydrogen) atoms. The summed E-state index contributed by atoms with van der Waals surface area (Å²) in [6.45, 7) is 5.83. The summed E-state index contributed by atoms with van der Waals surface area (Å²) in [5.41, 5.74) is 0.205. The number of carbonyl (C=O) groups excluding carboxylic acids is 1. The van der Waals surface area contributed by atoms with Gasteiger partial charge in [-0.15, -0.1) is 0 Å². The minimum absolute atomic E-state index is 0.270. The number of aliphatic hydroxyl groups excluding tert-OH is 1. The highest BCUT2D eigenvalue weighted by Crippen LogP contribution is 2.22. The van der Waals surface area contributed by atoms with Gasteiger partial charge in [0.2, 0.25) is 0 Å². The van der Waals surface area contributed by atoms with Crippen LogP contribution in [0.3, 0.4) is 0 Å². The first-order valence-electron chi connectivity index (χ1n) is 8.05. The van der Waals surface area contributed by atoms with Crippen molar-refractivity contribution in [2.45, 2.75) is 58.5 Å². The Labute approximate surface area is 133 Å². The number of unbranched alkanes of at least 4 members (excludes halogenated alkanes) is 3. The van der Waals surface area contributed by atoms with Crippen LogP contribution in [0.1, 0.15) is 52.0 Å². The average Bonchev–Trinajstić information content (AvgIpc) is 2.47. The predicted molar refractivity (Wildman–Crippen MR) is 87.0 cm³/mol. The first-order chi connectivity index (χ1) is 10.5. The fourth-order valence-corrected chi connectivity index (χ4v) is 2.20. The molecule has 0 heterocycles. The van der Waals surface area contributed by atoms with Crippen LogP contribution >= 0.6 is 0 Å². The lowest BCUT2D eigenvalue weighted by molar-refractivity contribution is -0.158. The van der Waals surface area contributed by atoms with Crippen LogP contribution in [0.2, 0.25) is 0 Å². The lowest BCUT2D eigenvalue weighted by Crippen LogP contribution is -2.39. The molecule has 1 rings (SSSR count). The van der Waals surface area contributed by atoms with Crippen molar-refractivity contribution in [1.82, 2.24) is 0 Å². The number of esters is 1. The molecule has 0 aromatic heterocycles. The van der Waals surface area contributed by atoms with Crippen molar-refractivity contribution in [1.29, 1.82) is 0 Å². The van der Waals surface area contributed by atoms with E-state index in [2.05, 4.69) is 6.07 Å². The molecule has 0 saturated heterocycles. The minimum atomic E-state index is -0.990. The molecule has 4 heteroatoms. The van der Waals surface area contributed by atoms with Gasteiger partial charge >= 0.3 is 5.97 Å². The maximum absolute atomic E-state index is 11.9. The van der Waals surface area contributed by atoms with E-state index in [4.69, 9.17) is 14.6 Å². The molecule has 0 unspecified atom stereocenters. The zero-order valence-corrected chi connectivity index (χ0v) is 13.9. The largest absolute Gasteiger partial charge is 0.476 e. The minimum Gasteiger partial charge on any atom is -0.476 e. The van der Waals surface area contributed by atoms with Crippen molar-refractivity contribution in [3.8, 4) is 5.75 Å². The Kier molecular flexibility index (Phi) is 7.96. The molecule has 0 atom stereocenters. The SMILES string of the molecule is CCOC(=O)C(C)(C)Oc1cccc(CCCCCCO)c1. The Morgan fingerprint density at radius 2 is 1.91 bits per heavy atom. The Bertz CT molecular complexity index is 454. The van der Waals surface area contributed by atoms with E-state index in [0.717, 1.165) is 32.1 Å². The second-order valence-corrected chi connectivity index (χ2v) is 5.87. The van der Waals surface area contributed by atoms with Gasteiger partial charge in [0.1, 0.15) is 5.75 Å². The second-order valence-electron chi connectivity index (χ2n) is 5.87. The van der Waals surface area contributed by atoms with Crippen LogP contribution in [0.25, 0.3) is 0 Å². The molecule has 4 nitrogen and oxygen atoms in total. The number of hydrogen-bond donors (Lipinski definition) is 1. The van der Waals surface area contributed by atoms with Gasteiger partial charge < -0.3 is 14.6 Å². The molecule has 124 valence electrons. The van der Waals surface area contributed by atoms with E-state index in [0.29, 0.717) is 12.4 Å². The Hall–Kier alpha value is -1.55. The summed E-state index contributed by atoms with van der Waals surface area (Å²) in [5.74, 6) is 0.329. The summed E-state index contributed by atoms with van der Waals surface area (Å²) in [7, 11) is 0. The zero-order chi connectivity index (χ0) is 16.4. The molecule has 0 spiro atoms. The number of aryl methyl sites for hydroxylation is 1. The van der Waals surface area contributed by atoms with Gasteiger partial charge in [0.05, 0.1) is 6.61 Å². The highest BCUT2D eigenvalue weighted by Gasteiger charge is 2.31. The van der Waals surface area contributed by atoms with Crippen LogP contribution < -0.4 is 4.74 Å². The summed E-state index contributed by atoms with van der Waals surface area (Å²) >= 11 is 0. The maximum Gasteiger partial charge on any atom is 0.349 e. The highest BCUT2D eigenvalue weighted by atomic mass is 16.6. The molecule has 0 radical (unpaired) electrons. The van der Waals surface area contributed by atoms with E-state index >= 15 is 0 Å². The van der Waals surface area contributed by atoms with Crippen LogP contribution in [-0.2, 0) is 16.0 Å². The lowest BCUT2D eigenvalue weighted by Gasteiger charge is -2.24. The molecular formula is C18H28O4. The molecule has 0 aliphatic rings. The standard InChI is InChI=1S/C18H28O4/c1-4-21-17(20)18(2,3)22-16-12-9-11-15(14-16)10-7-5-6-8-13-19/h9,11-12,14,19H,4-8,10,13H2,1-3H3. The van der Waals surface area contributed by atoms with Gasteiger partial charge in [-0.25, -0.2) is 4.79 Å². The van der Waals surface area contributed by atoms with E-state index in [-0.39, 0.29) is 12.6 Å². The third-order valence-electron chi connectivity index (χ3n) is 3.41. The van der Waals surface area contributed by atoms with Gasteiger partial charge in [0, 0.05) is 6.61 Å². The maximum atomic E-state index is 11.9. The van der Waals surface area contributed by atoms with Crippen LogP contribution in [-0.4, -0.2) is 29.9 Å². The van der Waals surface area contributed by atoms with Gasteiger partial charge in [-0.2, -0.15) is 0 Å². The smallest absolute Gasteiger partial charge is 0.349 e. The van der Waals surface area contributed by atoms with Crippen molar-refractivity contribution >= 4 is 5.97 Å². The molecule has 1 N–H and O–H groups in total. The van der Waals surface area contributed by atoms with Crippen LogP contribution in [0.15, 0.2) is 24.3 Å². The number of aliphatic hydroxyl groups is 1. The molecule has 1 aromatic carbocycles. The topological polar surface area (TPSA) is 55.8 Å². The lowest BCUT2D eigenvalue weighted by atomic mass is 10.1. The molecular weight excluding hydrogens is 280 g/mol. The van der Waals surface area contributed by atoms with E-state index < -0.39 is 5.60 Å². The normalized spacial score (nSPS) is 11.3. The number of ether oxygens (including phenoxy) is 2. The summed E-state index contributed by atoms with van der Waals surface area (Å²) in [6.07, 6.45) is 5.10. The molecule has 0 saturated carbocycles. The predicted octanol–water partition coefficient (Wildman–Crippen LogP) is 3.50. The summed E-state index contributed by atoms with van der Waals surface area (Å²) in [4.78, 5) is 11.9. The molecule has 0 aliphatic heterocycles. The molecule has 0 fully saturated rings. The first-order valence-corrected chi connectivity index (χ1v) is 8.05. The van der Waals surface area contributed by atoms with Crippen LogP contribution in [0.4, 0.5) is 0 Å². The van der Waals surface area contributed by atoms with Crippen molar-refractivity contribution in [2.75, 3.05) is 13.2 Å². The van der Waals surface area contributed by atoms with Gasteiger partial charge in [-0.1, -0.05) is 25.0 Å². The Morgan fingerprint density at radius 1 is 1.18 bits per heavy atom. The number of hydrogen-bond acceptors (Lipinski definition) is 4. The van der Waals surface area contributed by atoms with Gasteiger partial charge in [0.15, 0.2) is 5.60 Å². The van der Waals surface area contributed by atoms with Crippen molar-refractivity contribution < 1.29 is 19.4 Å². The summed E-state index contributed by atoms with van der Waals surface area (Å²) < 4.78 is 10.8. The van der Waals surface area contributed by atoms with Crippen molar-refractivity contribution in [3.63, 3.8) is 0 Å². The van der Waals surface area contributed by atoms with Gasteiger partial charge in [-0.3, -0.25) is 0 Å². The second kappa shape index (κ2) is 9.46. The Morgan fingerprint density at radius 3 is 2.59 bits per heavy atom. The fraction of sp³-hybridized carbons (Fsp3) is 0.611. The molecule has 0 bridgehead atoms. The fourth-order valence-electron chi connectivity index (χ4n) is 2.20. The average molecular weight is 308 g/mol. The third-order valence-corrected chi connectivity index (χ3v) is 3.41. The van der Waals surface area contributed by atoms with Crippen LogP contribution in [0.5, 0.6) is 5.75 Å². The molecule has 1 aromatic rings. The molecule has 0 aliphatic carbocycles. The van der Waals surface area contributed by atoms with E-state index in [9.17, 15) is 4.79 Å². The zero-order valence-electron chi connectivity index (χ0n) is 13.9. The summed E-state index contributed by atoms with van der Waals surface area (Å²) in [5, 5.41) is 8.76. The van der Waals surface area contributed by atoms with Crippen molar-refractivity contribution in [3.05, 3.63) is 29.8 Å². The highest BCUT2D eigenvalue weighted by molar-refractivity contribution is 5.79. The van der Waals surface area contributed by atoms with E-state index in [1.165, 1.54) is 5.56 Å². The van der Waals surface area contributed by atoms with Gasteiger partial charge in [-0.05, 0) is 57.7 Å². The van der Waals surface area contributed by atoms with Gasteiger partial charge in [0.25, 0.3) is 0 Å². The quantitative estimate of drug-likeness (QED) is 0.531. The molecule has 0 amide bonds. The van der Waals surface area contributed by atoms with Crippen LogP contribution in [0, 0.1) is 0 Å². The third kappa shape index (κ3) is 6.48. The monoisotopic (exact) mass is 308 g/mol. The Balaban J connectivity index is 2.54. The van der Waals surface area contributed by atoms with E-state index in [1.54, 1.807) is 20.8 Å².